The fourth-order valence-electron chi connectivity index (χ4n) is 2.36. The molecule has 1 saturated carbocycles. The average molecular weight is 315 g/mol. The molecule has 0 atom stereocenters. The zero-order valence-electron chi connectivity index (χ0n) is 11.8. The van der Waals surface area contributed by atoms with Crippen molar-refractivity contribution in [3.63, 3.8) is 0 Å². The number of hydrogen-bond donors (Lipinski definition) is 1. The second-order valence-electron chi connectivity index (χ2n) is 5.64. The van der Waals surface area contributed by atoms with E-state index < -0.39 is 27.0 Å². The highest BCUT2D eigenvalue weighted by molar-refractivity contribution is 7.90. The van der Waals surface area contributed by atoms with Crippen LogP contribution in [0.3, 0.4) is 0 Å². The normalized spacial score (nSPS) is 16.5. The van der Waals surface area contributed by atoms with Gasteiger partial charge in [-0.15, -0.1) is 0 Å². The Morgan fingerprint density at radius 2 is 2.10 bits per heavy atom. The third-order valence-electron chi connectivity index (χ3n) is 3.68. The van der Waals surface area contributed by atoms with E-state index in [4.69, 9.17) is 5.73 Å². The molecule has 0 heterocycles. The van der Waals surface area contributed by atoms with E-state index in [-0.39, 0.29) is 29.2 Å². The summed E-state index contributed by atoms with van der Waals surface area (Å²) in [5.41, 5.74) is 5.24. The van der Waals surface area contributed by atoms with Crippen molar-refractivity contribution < 1.29 is 22.3 Å². The molecule has 0 aliphatic heterocycles. The molecule has 2 N–H and O–H groups in total. The first-order valence-electron chi connectivity index (χ1n) is 6.56. The van der Waals surface area contributed by atoms with Crippen LogP contribution in [0.2, 0.25) is 0 Å². The lowest BCUT2D eigenvalue weighted by atomic mass is 10.1. The minimum atomic E-state index is -3.51. The number of anilines is 1. The molecule has 1 aliphatic carbocycles. The second-order valence-corrected chi connectivity index (χ2v) is 7.70. The Morgan fingerprint density at radius 1 is 1.43 bits per heavy atom. The second kappa shape index (κ2) is 5.63. The number of carbonyl (C=O) groups is 1. The predicted octanol–water partition coefficient (Wildman–Crippen LogP) is 1.67. The van der Waals surface area contributed by atoms with E-state index in [0.29, 0.717) is 12.8 Å². The molecule has 21 heavy (non-hydrogen) atoms. The zero-order valence-corrected chi connectivity index (χ0v) is 12.6. The largest absolute Gasteiger partial charge is 0.469 e. The summed E-state index contributed by atoms with van der Waals surface area (Å²) in [6.45, 7) is 0. The molecular formula is C14H18FNO4S. The van der Waals surface area contributed by atoms with Crippen LogP contribution in [0.25, 0.3) is 0 Å². The molecule has 0 saturated heterocycles. The zero-order chi connectivity index (χ0) is 15.7. The fraction of sp³-hybridized carbons (Fsp3) is 0.500. The number of nitrogen functional groups attached to an aromatic ring is 1. The van der Waals surface area contributed by atoms with Gasteiger partial charge in [-0.1, -0.05) is 6.07 Å². The molecule has 0 amide bonds. The van der Waals surface area contributed by atoms with E-state index in [1.165, 1.54) is 19.2 Å². The lowest BCUT2D eigenvalue weighted by Gasteiger charge is -2.14. The molecule has 7 heteroatoms. The first-order chi connectivity index (χ1) is 9.75. The van der Waals surface area contributed by atoms with Gasteiger partial charge in [0.15, 0.2) is 9.84 Å². The summed E-state index contributed by atoms with van der Waals surface area (Å²) >= 11 is 0. The van der Waals surface area contributed by atoms with Crippen molar-refractivity contribution in [2.24, 2.45) is 5.41 Å². The van der Waals surface area contributed by atoms with E-state index in [2.05, 4.69) is 4.74 Å². The molecule has 2 rings (SSSR count). The molecule has 0 aromatic heterocycles. The number of hydrogen-bond acceptors (Lipinski definition) is 5. The van der Waals surface area contributed by atoms with E-state index >= 15 is 0 Å². The van der Waals surface area contributed by atoms with Gasteiger partial charge in [-0.2, -0.15) is 0 Å². The van der Waals surface area contributed by atoms with Gasteiger partial charge in [0.05, 0.1) is 25.0 Å². The van der Waals surface area contributed by atoms with Crippen molar-refractivity contribution in [3.8, 4) is 0 Å². The van der Waals surface area contributed by atoms with Crippen LogP contribution in [0.4, 0.5) is 10.1 Å². The summed E-state index contributed by atoms with van der Waals surface area (Å²) in [6, 6.07) is 3.95. The summed E-state index contributed by atoms with van der Waals surface area (Å²) in [6.07, 6.45) is 1.43. The van der Waals surface area contributed by atoms with Gasteiger partial charge < -0.3 is 10.5 Å². The molecule has 0 unspecified atom stereocenters. The third kappa shape index (κ3) is 4.17. The van der Waals surface area contributed by atoms with Crippen molar-refractivity contribution in [1.82, 2.24) is 0 Å². The van der Waals surface area contributed by atoms with Crippen LogP contribution in [0.1, 0.15) is 24.8 Å². The number of esters is 1. The Bertz CT molecular complexity index is 653. The van der Waals surface area contributed by atoms with Gasteiger partial charge in [0.2, 0.25) is 0 Å². The van der Waals surface area contributed by atoms with Gasteiger partial charge >= 0.3 is 5.97 Å². The highest BCUT2D eigenvalue weighted by Crippen LogP contribution is 2.50. The van der Waals surface area contributed by atoms with Crippen molar-refractivity contribution in [3.05, 3.63) is 29.6 Å². The minimum absolute atomic E-state index is 0.0902. The molecule has 0 bridgehead atoms. The Balaban J connectivity index is 2.07. The molecule has 1 fully saturated rings. The van der Waals surface area contributed by atoms with Gasteiger partial charge in [0, 0.05) is 11.3 Å². The average Bonchev–Trinajstić information content (AvgIpc) is 3.11. The first-order valence-corrected chi connectivity index (χ1v) is 8.39. The maximum absolute atomic E-state index is 13.7. The van der Waals surface area contributed by atoms with Crippen molar-refractivity contribution in [2.75, 3.05) is 18.6 Å². The van der Waals surface area contributed by atoms with Crippen molar-refractivity contribution in [1.29, 1.82) is 0 Å². The van der Waals surface area contributed by atoms with Crippen LogP contribution in [-0.2, 0) is 25.1 Å². The van der Waals surface area contributed by atoms with Gasteiger partial charge in [0.25, 0.3) is 0 Å². The predicted molar refractivity (Wildman–Crippen MR) is 76.6 cm³/mol. The molecule has 5 nitrogen and oxygen atoms in total. The minimum Gasteiger partial charge on any atom is -0.469 e. The summed E-state index contributed by atoms with van der Waals surface area (Å²) < 4.78 is 42.7. The molecule has 1 aromatic rings. The third-order valence-corrected chi connectivity index (χ3v) is 5.49. The van der Waals surface area contributed by atoms with Crippen LogP contribution < -0.4 is 5.73 Å². The van der Waals surface area contributed by atoms with Crippen LogP contribution in [0.5, 0.6) is 0 Å². The molecule has 1 aliphatic rings. The Morgan fingerprint density at radius 3 is 2.62 bits per heavy atom. The lowest BCUT2D eigenvalue weighted by Crippen LogP contribution is -2.22. The maximum atomic E-state index is 13.7. The number of methoxy groups -OCH3 is 1. The van der Waals surface area contributed by atoms with E-state index in [1.807, 2.05) is 0 Å². The highest BCUT2D eigenvalue weighted by Gasteiger charge is 2.47. The van der Waals surface area contributed by atoms with E-state index in [1.54, 1.807) is 0 Å². The van der Waals surface area contributed by atoms with Gasteiger partial charge in [0.1, 0.15) is 5.82 Å². The Hall–Kier alpha value is -1.63. The summed E-state index contributed by atoms with van der Waals surface area (Å²) in [5.74, 6) is -1.56. The Kier molecular flexibility index (Phi) is 4.22. The number of nitrogens with two attached hydrogens (primary N) is 1. The quantitative estimate of drug-likeness (QED) is 0.637. The fourth-order valence-corrected chi connectivity index (χ4v) is 4.50. The molecular weight excluding hydrogens is 297 g/mol. The van der Waals surface area contributed by atoms with Crippen LogP contribution in [0, 0.1) is 11.2 Å². The first kappa shape index (κ1) is 15.8. The van der Waals surface area contributed by atoms with Gasteiger partial charge in [-0.05, 0) is 30.4 Å². The number of halogens is 1. The molecule has 116 valence electrons. The molecule has 1 aromatic carbocycles. The summed E-state index contributed by atoms with van der Waals surface area (Å²) in [5, 5.41) is 0. The Labute approximate surface area is 123 Å². The number of rotatable bonds is 6. The van der Waals surface area contributed by atoms with E-state index in [9.17, 15) is 17.6 Å². The van der Waals surface area contributed by atoms with Crippen LogP contribution in [-0.4, -0.2) is 27.2 Å². The van der Waals surface area contributed by atoms with Crippen molar-refractivity contribution in [2.45, 2.75) is 25.0 Å². The monoisotopic (exact) mass is 315 g/mol. The number of ether oxygens (including phenoxy) is 1. The molecule has 0 radical (unpaired) electrons. The van der Waals surface area contributed by atoms with E-state index in [0.717, 1.165) is 6.07 Å². The standard InChI is InChI=1S/C14H18FNO4S/c1-20-13(17)7-14(4-5-14)9-21(18,19)8-10-2-3-11(16)6-12(10)15/h2-3,6H,4-5,7-9,16H2,1H3. The van der Waals surface area contributed by atoms with Crippen LogP contribution >= 0.6 is 0 Å². The maximum Gasteiger partial charge on any atom is 0.306 e. The SMILES string of the molecule is COC(=O)CC1(CS(=O)(=O)Cc2ccc(N)cc2F)CC1. The topological polar surface area (TPSA) is 86.5 Å². The van der Waals surface area contributed by atoms with Gasteiger partial charge in [-0.3, -0.25) is 4.79 Å². The number of sulfone groups is 1. The summed E-state index contributed by atoms with van der Waals surface area (Å²) in [7, 11) is -2.23. The van der Waals surface area contributed by atoms with Crippen LogP contribution in [0.15, 0.2) is 18.2 Å². The van der Waals surface area contributed by atoms with Crippen molar-refractivity contribution >= 4 is 21.5 Å². The number of benzene rings is 1. The summed E-state index contributed by atoms with van der Waals surface area (Å²) in [4.78, 5) is 11.3. The van der Waals surface area contributed by atoms with Gasteiger partial charge in [-0.25, -0.2) is 12.8 Å². The smallest absolute Gasteiger partial charge is 0.306 e. The highest BCUT2D eigenvalue weighted by atomic mass is 32.2. The number of carbonyl (C=O) groups excluding carboxylic acids is 1. The molecule has 0 spiro atoms. The lowest BCUT2D eigenvalue weighted by molar-refractivity contribution is -0.141.